The molecule has 0 aliphatic rings. The smallest absolute Gasteiger partial charge is 0.287 e. The van der Waals surface area contributed by atoms with Gasteiger partial charge in [0.25, 0.3) is 5.91 Å². The summed E-state index contributed by atoms with van der Waals surface area (Å²) in [6.07, 6.45) is 2.74. The molecule has 3 N–H and O–H groups in total. The molecule has 1 aromatic heterocycles. The van der Waals surface area contributed by atoms with Crippen LogP contribution in [0.2, 0.25) is 0 Å². The quantitative estimate of drug-likeness (QED) is 0.674. The van der Waals surface area contributed by atoms with Gasteiger partial charge in [0.15, 0.2) is 5.76 Å². The largest absolute Gasteiger partial charge is 0.459 e. The van der Waals surface area contributed by atoms with Gasteiger partial charge in [-0.15, -0.1) is 0 Å². The van der Waals surface area contributed by atoms with Gasteiger partial charge in [0.1, 0.15) is 6.04 Å². The number of rotatable bonds is 8. The Morgan fingerprint density at radius 3 is 2.52 bits per heavy atom. The fourth-order valence-corrected chi connectivity index (χ4v) is 1.96. The van der Waals surface area contributed by atoms with E-state index in [0.717, 1.165) is 0 Å². The van der Waals surface area contributed by atoms with E-state index in [1.807, 2.05) is 20.8 Å². The minimum absolute atomic E-state index is 0.0473. The summed E-state index contributed by atoms with van der Waals surface area (Å²) in [5, 5.41) is 14.3. The summed E-state index contributed by atoms with van der Waals surface area (Å²) in [5.74, 6) is -0.497. The third-order valence-corrected chi connectivity index (χ3v) is 3.16. The Bertz CT molecular complexity index is 443. The molecule has 0 radical (unpaired) electrons. The highest BCUT2D eigenvalue weighted by Gasteiger charge is 2.26. The molecule has 0 spiro atoms. The number of hydrogen-bond donors (Lipinski definition) is 3. The maximum absolute atomic E-state index is 12.2. The van der Waals surface area contributed by atoms with Crippen LogP contribution in [0.25, 0.3) is 0 Å². The lowest BCUT2D eigenvalue weighted by atomic mass is 10.0. The van der Waals surface area contributed by atoms with Gasteiger partial charge in [-0.2, -0.15) is 0 Å². The minimum atomic E-state index is -0.626. The number of carbonyl (C=O) groups excluding carboxylic acids is 2. The van der Waals surface area contributed by atoms with Crippen molar-refractivity contribution in [1.82, 2.24) is 10.6 Å². The van der Waals surface area contributed by atoms with E-state index in [4.69, 9.17) is 9.52 Å². The van der Waals surface area contributed by atoms with E-state index in [1.54, 1.807) is 12.1 Å². The topological polar surface area (TPSA) is 91.6 Å². The van der Waals surface area contributed by atoms with E-state index >= 15 is 0 Å². The van der Waals surface area contributed by atoms with Crippen molar-refractivity contribution in [1.29, 1.82) is 0 Å². The van der Waals surface area contributed by atoms with Crippen LogP contribution in [0.3, 0.4) is 0 Å². The summed E-state index contributed by atoms with van der Waals surface area (Å²) in [4.78, 5) is 24.2. The molecule has 1 rings (SSSR count). The maximum Gasteiger partial charge on any atom is 0.287 e. The van der Waals surface area contributed by atoms with E-state index in [0.29, 0.717) is 12.8 Å². The molecule has 0 saturated carbocycles. The first-order valence-corrected chi connectivity index (χ1v) is 7.21. The lowest BCUT2D eigenvalue weighted by molar-refractivity contribution is -0.124. The molecular weight excluding hydrogens is 272 g/mol. The molecule has 6 heteroatoms. The van der Waals surface area contributed by atoms with Crippen molar-refractivity contribution in [2.75, 3.05) is 6.61 Å². The molecular formula is C15H24N2O4. The predicted octanol–water partition coefficient (Wildman–Crippen LogP) is 1.31. The van der Waals surface area contributed by atoms with Gasteiger partial charge in [0.05, 0.1) is 6.26 Å². The van der Waals surface area contributed by atoms with Gasteiger partial charge in [0.2, 0.25) is 5.91 Å². The fourth-order valence-electron chi connectivity index (χ4n) is 1.96. The van der Waals surface area contributed by atoms with E-state index in [1.165, 1.54) is 6.26 Å². The molecule has 2 unspecified atom stereocenters. The van der Waals surface area contributed by atoms with Crippen molar-refractivity contribution < 1.29 is 19.1 Å². The summed E-state index contributed by atoms with van der Waals surface area (Å²) in [6, 6.07) is 2.50. The molecule has 118 valence electrons. The van der Waals surface area contributed by atoms with Crippen LogP contribution in [0, 0.1) is 5.92 Å². The summed E-state index contributed by atoms with van der Waals surface area (Å²) in [7, 11) is 0. The third kappa shape index (κ3) is 5.59. The number of carbonyl (C=O) groups is 2. The van der Waals surface area contributed by atoms with E-state index in [9.17, 15) is 9.59 Å². The molecule has 0 fully saturated rings. The van der Waals surface area contributed by atoms with Crippen molar-refractivity contribution in [3.05, 3.63) is 24.2 Å². The third-order valence-electron chi connectivity index (χ3n) is 3.16. The first-order valence-electron chi connectivity index (χ1n) is 7.21. The fraction of sp³-hybridized carbons (Fsp3) is 0.600. The minimum Gasteiger partial charge on any atom is -0.459 e. The van der Waals surface area contributed by atoms with Gasteiger partial charge in [0, 0.05) is 12.6 Å². The van der Waals surface area contributed by atoms with Crippen molar-refractivity contribution >= 4 is 11.8 Å². The molecule has 0 aliphatic carbocycles. The SMILES string of the molecule is CC(CCCO)NC(=O)C(NC(=O)c1ccco1)C(C)C. The van der Waals surface area contributed by atoms with Crippen LogP contribution in [0.5, 0.6) is 0 Å². The molecule has 0 bridgehead atoms. The van der Waals surface area contributed by atoms with E-state index < -0.39 is 11.9 Å². The van der Waals surface area contributed by atoms with Crippen LogP contribution in [0.4, 0.5) is 0 Å². The molecule has 21 heavy (non-hydrogen) atoms. The summed E-state index contributed by atoms with van der Waals surface area (Å²) < 4.78 is 5.02. The summed E-state index contributed by atoms with van der Waals surface area (Å²) in [5.41, 5.74) is 0. The Morgan fingerprint density at radius 1 is 1.29 bits per heavy atom. The highest BCUT2D eigenvalue weighted by Crippen LogP contribution is 2.07. The lowest BCUT2D eigenvalue weighted by Crippen LogP contribution is -2.51. The van der Waals surface area contributed by atoms with Crippen molar-refractivity contribution in [3.63, 3.8) is 0 Å². The summed E-state index contributed by atoms with van der Waals surface area (Å²) >= 11 is 0. The standard InChI is InChI=1S/C15H24N2O4/c1-10(2)13(15(20)16-11(3)6-4-8-18)17-14(19)12-7-5-9-21-12/h5,7,9-11,13,18H,4,6,8H2,1-3H3,(H,16,20)(H,17,19). The highest BCUT2D eigenvalue weighted by molar-refractivity contribution is 5.95. The van der Waals surface area contributed by atoms with Crippen molar-refractivity contribution in [2.24, 2.45) is 5.92 Å². The monoisotopic (exact) mass is 296 g/mol. The second-order valence-corrected chi connectivity index (χ2v) is 5.45. The van der Waals surface area contributed by atoms with E-state index in [-0.39, 0.29) is 30.2 Å². The van der Waals surface area contributed by atoms with Crippen LogP contribution in [0.15, 0.2) is 22.8 Å². The zero-order valence-corrected chi connectivity index (χ0v) is 12.8. The number of furan rings is 1. The average molecular weight is 296 g/mol. The van der Waals surface area contributed by atoms with Crippen molar-refractivity contribution in [3.8, 4) is 0 Å². The number of amides is 2. The molecule has 1 aromatic rings. The molecule has 1 heterocycles. The number of hydrogen-bond acceptors (Lipinski definition) is 4. The first kappa shape index (κ1) is 17.2. The molecule has 2 atom stereocenters. The van der Waals surface area contributed by atoms with Gasteiger partial charge in [-0.05, 0) is 37.8 Å². The van der Waals surface area contributed by atoms with E-state index in [2.05, 4.69) is 10.6 Å². The Balaban J connectivity index is 2.60. The normalized spacial score (nSPS) is 13.8. The zero-order chi connectivity index (χ0) is 15.8. The Hall–Kier alpha value is -1.82. The van der Waals surface area contributed by atoms with Crippen LogP contribution in [-0.4, -0.2) is 35.6 Å². The Morgan fingerprint density at radius 2 is 2.00 bits per heavy atom. The Labute approximate surface area is 124 Å². The van der Waals surface area contributed by atoms with Gasteiger partial charge in [-0.1, -0.05) is 13.8 Å². The van der Waals surface area contributed by atoms with Crippen molar-refractivity contribution in [2.45, 2.75) is 45.7 Å². The average Bonchev–Trinajstić information content (AvgIpc) is 2.95. The molecule has 2 amide bonds. The first-order chi connectivity index (χ1) is 9.95. The Kier molecular flexibility index (Phi) is 6.94. The molecule has 0 aromatic carbocycles. The summed E-state index contributed by atoms with van der Waals surface area (Å²) in [6.45, 7) is 5.71. The number of nitrogens with one attached hydrogen (secondary N) is 2. The molecule has 0 aliphatic heterocycles. The number of aliphatic hydroxyl groups excluding tert-OH is 1. The maximum atomic E-state index is 12.2. The molecule has 0 saturated heterocycles. The van der Waals surface area contributed by atoms with Crippen LogP contribution in [0.1, 0.15) is 44.2 Å². The van der Waals surface area contributed by atoms with Gasteiger partial charge in [-0.3, -0.25) is 9.59 Å². The van der Waals surface area contributed by atoms with Gasteiger partial charge < -0.3 is 20.2 Å². The molecule has 6 nitrogen and oxygen atoms in total. The zero-order valence-electron chi connectivity index (χ0n) is 12.8. The van der Waals surface area contributed by atoms with Crippen LogP contribution >= 0.6 is 0 Å². The number of aliphatic hydroxyl groups is 1. The second kappa shape index (κ2) is 8.46. The van der Waals surface area contributed by atoms with Gasteiger partial charge >= 0.3 is 0 Å². The van der Waals surface area contributed by atoms with Gasteiger partial charge in [-0.25, -0.2) is 0 Å². The lowest BCUT2D eigenvalue weighted by Gasteiger charge is -2.23. The predicted molar refractivity (Wildman–Crippen MR) is 78.7 cm³/mol. The van der Waals surface area contributed by atoms with Crippen LogP contribution in [-0.2, 0) is 4.79 Å². The second-order valence-electron chi connectivity index (χ2n) is 5.45. The van der Waals surface area contributed by atoms with Crippen LogP contribution < -0.4 is 10.6 Å². The highest BCUT2D eigenvalue weighted by atomic mass is 16.3.